The number of β-lactam (4-membered cyclic amide) rings is 1. The van der Waals surface area contributed by atoms with E-state index in [1.54, 1.807) is 53.9 Å². The minimum absolute atomic E-state index is 0.0863. The molecule has 3 aliphatic heterocycles. The van der Waals surface area contributed by atoms with Crippen LogP contribution in [0, 0.1) is 5.92 Å². The van der Waals surface area contributed by atoms with E-state index >= 15 is 0 Å². The van der Waals surface area contributed by atoms with Crippen LogP contribution in [0.5, 0.6) is 0 Å². The van der Waals surface area contributed by atoms with Crippen LogP contribution >= 0.6 is 11.8 Å². The molecule has 0 saturated carbocycles. The molecular formula is C23H29N3O7S. The number of carbonyl (C=O) groups excluding carboxylic acids is 3. The summed E-state index contributed by atoms with van der Waals surface area (Å²) in [6.07, 6.45) is 2.19. The van der Waals surface area contributed by atoms with Crippen molar-refractivity contribution in [2.75, 3.05) is 6.54 Å². The molecule has 0 N–H and O–H groups in total. The number of rotatable bonds is 4. The van der Waals surface area contributed by atoms with Crippen molar-refractivity contribution in [1.82, 2.24) is 14.9 Å². The Hall–Kier alpha value is -2.79. The van der Waals surface area contributed by atoms with Crippen molar-refractivity contribution in [2.45, 2.75) is 76.1 Å². The van der Waals surface area contributed by atoms with Crippen LogP contribution in [0.25, 0.3) is 0 Å². The molecule has 10 nitrogen and oxygen atoms in total. The maximum atomic E-state index is 13.2. The van der Waals surface area contributed by atoms with Crippen molar-refractivity contribution in [2.24, 2.45) is 5.92 Å². The molecule has 0 aromatic carbocycles. The van der Waals surface area contributed by atoms with E-state index in [9.17, 15) is 14.4 Å². The van der Waals surface area contributed by atoms with Crippen molar-refractivity contribution in [3.63, 3.8) is 0 Å². The van der Waals surface area contributed by atoms with E-state index in [4.69, 9.17) is 19.0 Å². The standard InChI is InChI=1S/C23H29N3O7S/c1-22(2,3)31-20(28)30-19-17(34-13-7-10-24-11-8-13)14-9-12-25(16-15(14)26(19)18(16)27)33-21(29)32-23(4,5)6/h7-8,10-11,14-16H,9,12H2,1-6H3/t14?,15-,16+/m1/s1. The predicted octanol–water partition coefficient (Wildman–Crippen LogP) is 4.08. The first-order valence-electron chi connectivity index (χ1n) is 11.1. The van der Waals surface area contributed by atoms with E-state index < -0.39 is 29.6 Å². The zero-order valence-electron chi connectivity index (χ0n) is 20.1. The molecule has 11 heteroatoms. The summed E-state index contributed by atoms with van der Waals surface area (Å²) >= 11 is 1.42. The molecule has 1 unspecified atom stereocenters. The average Bonchev–Trinajstić information content (AvgIpc) is 2.96. The Morgan fingerprint density at radius 2 is 1.65 bits per heavy atom. The fourth-order valence-electron chi connectivity index (χ4n) is 4.13. The molecule has 3 aliphatic rings. The Morgan fingerprint density at radius 3 is 2.26 bits per heavy atom. The van der Waals surface area contributed by atoms with Crippen LogP contribution in [0.3, 0.4) is 0 Å². The van der Waals surface area contributed by atoms with Crippen LogP contribution < -0.4 is 0 Å². The summed E-state index contributed by atoms with van der Waals surface area (Å²) in [5.41, 5.74) is -1.47. The second-order valence-electron chi connectivity index (χ2n) is 10.3. The van der Waals surface area contributed by atoms with Gasteiger partial charge in [-0.25, -0.2) is 9.59 Å². The molecule has 1 amide bonds. The highest BCUT2D eigenvalue weighted by atomic mass is 32.2. The molecule has 0 radical (unpaired) electrons. The van der Waals surface area contributed by atoms with Gasteiger partial charge in [0.25, 0.3) is 5.91 Å². The first kappa shape index (κ1) is 24.3. The lowest BCUT2D eigenvalue weighted by molar-refractivity contribution is -0.223. The van der Waals surface area contributed by atoms with Crippen LogP contribution in [-0.4, -0.2) is 63.0 Å². The van der Waals surface area contributed by atoms with E-state index in [2.05, 4.69) is 4.98 Å². The summed E-state index contributed by atoms with van der Waals surface area (Å²) in [6.45, 7) is 10.8. The van der Waals surface area contributed by atoms with Crippen LogP contribution in [-0.2, 0) is 23.8 Å². The van der Waals surface area contributed by atoms with Crippen molar-refractivity contribution in [3.05, 3.63) is 35.3 Å². The summed E-state index contributed by atoms with van der Waals surface area (Å²) in [4.78, 5) is 50.4. The van der Waals surface area contributed by atoms with Crippen molar-refractivity contribution >= 4 is 30.0 Å². The highest BCUT2D eigenvalue weighted by Crippen LogP contribution is 2.54. The Morgan fingerprint density at radius 1 is 1.03 bits per heavy atom. The second-order valence-corrected chi connectivity index (χ2v) is 11.4. The number of pyridine rings is 1. The number of amides is 1. The molecule has 3 atom stereocenters. The van der Waals surface area contributed by atoms with Gasteiger partial charge in [0.15, 0.2) is 0 Å². The van der Waals surface area contributed by atoms with Gasteiger partial charge >= 0.3 is 12.3 Å². The van der Waals surface area contributed by atoms with Gasteiger partial charge in [0.05, 0.1) is 10.9 Å². The molecule has 0 aliphatic carbocycles. The molecule has 4 heterocycles. The Labute approximate surface area is 202 Å². The molecule has 0 bridgehead atoms. The van der Waals surface area contributed by atoms with E-state index in [-0.39, 0.29) is 23.8 Å². The van der Waals surface area contributed by atoms with Gasteiger partial charge in [-0.15, -0.1) is 5.06 Å². The smallest absolute Gasteiger partial charge is 0.428 e. The summed E-state index contributed by atoms with van der Waals surface area (Å²) in [7, 11) is 0. The largest absolute Gasteiger partial charge is 0.528 e. The zero-order valence-corrected chi connectivity index (χ0v) is 20.9. The van der Waals surface area contributed by atoms with Gasteiger partial charge < -0.3 is 19.0 Å². The molecule has 4 rings (SSSR count). The SMILES string of the molecule is CC(C)(C)OC(=O)OC1=C(Sc2ccncc2)C2CCN(OC(=O)OC(C)(C)C)[C@@H]3C(=O)N1[C@H]23. The lowest BCUT2D eigenvalue weighted by atomic mass is 9.82. The predicted molar refractivity (Wildman–Crippen MR) is 121 cm³/mol. The average molecular weight is 492 g/mol. The summed E-state index contributed by atoms with van der Waals surface area (Å²) in [5, 5.41) is 1.37. The van der Waals surface area contributed by atoms with Gasteiger partial charge in [0, 0.05) is 29.8 Å². The van der Waals surface area contributed by atoms with Crippen LogP contribution in [0.2, 0.25) is 0 Å². The third-order valence-corrected chi connectivity index (χ3v) is 6.49. The quantitative estimate of drug-likeness (QED) is 0.452. The van der Waals surface area contributed by atoms with Gasteiger partial charge in [0.2, 0.25) is 5.88 Å². The summed E-state index contributed by atoms with van der Waals surface area (Å²) in [6, 6.07) is 2.68. The Kier molecular flexibility index (Phi) is 6.28. The van der Waals surface area contributed by atoms with Crippen molar-refractivity contribution in [1.29, 1.82) is 0 Å². The molecule has 1 aromatic heterocycles. The maximum Gasteiger partial charge on any atom is 0.528 e. The zero-order chi connectivity index (χ0) is 24.8. The number of hydrogen-bond acceptors (Lipinski definition) is 10. The number of aromatic nitrogens is 1. The fourth-order valence-corrected chi connectivity index (χ4v) is 5.28. The normalized spacial score (nSPS) is 24.4. The number of piperidine rings is 1. The van der Waals surface area contributed by atoms with Gasteiger partial charge in [-0.05, 0) is 60.1 Å². The number of hydrogen-bond donors (Lipinski definition) is 0. The van der Waals surface area contributed by atoms with Gasteiger partial charge in [-0.1, -0.05) is 11.8 Å². The topological polar surface area (TPSA) is 108 Å². The number of hydroxylamine groups is 2. The van der Waals surface area contributed by atoms with Gasteiger partial charge in [0.1, 0.15) is 17.2 Å². The highest BCUT2D eigenvalue weighted by molar-refractivity contribution is 8.03. The Balaban J connectivity index is 1.58. The third kappa shape index (κ3) is 5.00. The first-order valence-corrected chi connectivity index (χ1v) is 11.9. The summed E-state index contributed by atoms with van der Waals surface area (Å²) < 4.78 is 16.2. The number of carbonyl (C=O) groups is 3. The number of thioether (sulfide) groups is 1. The molecule has 184 valence electrons. The number of ether oxygens (including phenoxy) is 3. The van der Waals surface area contributed by atoms with Crippen LogP contribution in [0.15, 0.2) is 40.2 Å². The van der Waals surface area contributed by atoms with Crippen LogP contribution in [0.1, 0.15) is 48.0 Å². The van der Waals surface area contributed by atoms with Crippen molar-refractivity contribution in [3.8, 4) is 0 Å². The molecule has 34 heavy (non-hydrogen) atoms. The second kappa shape index (κ2) is 8.77. The maximum absolute atomic E-state index is 13.2. The van der Waals surface area contributed by atoms with Gasteiger partial charge in [-0.2, -0.15) is 0 Å². The fraction of sp³-hybridized carbons (Fsp3) is 0.565. The monoisotopic (exact) mass is 491 g/mol. The lowest BCUT2D eigenvalue weighted by Gasteiger charge is -2.51. The minimum atomic E-state index is -0.882. The Bertz CT molecular complexity index is 1020. The van der Waals surface area contributed by atoms with Crippen molar-refractivity contribution < 1.29 is 33.4 Å². The van der Waals surface area contributed by atoms with E-state index in [1.165, 1.54) is 21.7 Å². The lowest BCUT2D eigenvalue weighted by Crippen LogP contribution is -2.72. The summed E-state index contributed by atoms with van der Waals surface area (Å²) in [5.74, 6) is -0.231. The van der Waals surface area contributed by atoms with Gasteiger partial charge in [-0.3, -0.25) is 14.7 Å². The minimum Gasteiger partial charge on any atom is -0.428 e. The van der Waals surface area contributed by atoms with Crippen LogP contribution in [0.4, 0.5) is 9.59 Å². The van der Waals surface area contributed by atoms with E-state index in [0.29, 0.717) is 13.0 Å². The molecule has 2 saturated heterocycles. The van der Waals surface area contributed by atoms with E-state index in [0.717, 1.165) is 9.80 Å². The molecule has 2 fully saturated rings. The molecule has 0 spiro atoms. The molecular weight excluding hydrogens is 462 g/mol. The van der Waals surface area contributed by atoms with E-state index in [1.807, 2.05) is 12.1 Å². The number of nitrogens with zero attached hydrogens (tertiary/aromatic N) is 3. The first-order chi connectivity index (χ1) is 15.8. The molecule has 1 aromatic rings. The highest BCUT2D eigenvalue weighted by Gasteiger charge is 2.65. The third-order valence-electron chi connectivity index (χ3n) is 5.29.